The van der Waals surface area contributed by atoms with Gasteiger partial charge in [0.1, 0.15) is 11.6 Å². The van der Waals surface area contributed by atoms with Crippen molar-refractivity contribution in [3.05, 3.63) is 76.1 Å². The molecule has 27 heavy (non-hydrogen) atoms. The molecule has 1 aromatic heterocycles. The van der Waals surface area contributed by atoms with E-state index >= 15 is 0 Å². The highest BCUT2D eigenvalue weighted by Crippen LogP contribution is 2.35. The van der Waals surface area contributed by atoms with E-state index in [0.717, 1.165) is 29.4 Å². The summed E-state index contributed by atoms with van der Waals surface area (Å²) < 4.78 is 7.43. The maximum Gasteiger partial charge on any atom is 0.276 e. The molecule has 2 heterocycles. The molecule has 0 saturated carbocycles. The second-order valence-corrected chi connectivity index (χ2v) is 6.76. The summed E-state index contributed by atoms with van der Waals surface area (Å²) in [6, 6.07) is 17.7. The van der Waals surface area contributed by atoms with Gasteiger partial charge in [0.15, 0.2) is 0 Å². The summed E-state index contributed by atoms with van der Waals surface area (Å²) in [5.41, 5.74) is 2.83. The topological polar surface area (TPSA) is 59.4 Å². The van der Waals surface area contributed by atoms with Crippen LogP contribution in [0.25, 0.3) is 0 Å². The molecule has 138 valence electrons. The molecular weight excluding hydrogens is 340 g/mol. The first-order chi connectivity index (χ1) is 13.1. The van der Waals surface area contributed by atoms with Crippen LogP contribution in [0, 0.1) is 6.92 Å². The maximum absolute atomic E-state index is 12.2. The molecule has 0 saturated heterocycles. The molecule has 6 nitrogen and oxygen atoms in total. The van der Waals surface area contributed by atoms with E-state index in [1.165, 1.54) is 5.56 Å². The summed E-state index contributed by atoms with van der Waals surface area (Å²) in [7, 11) is 3.63. The van der Waals surface area contributed by atoms with Crippen LogP contribution in [0.3, 0.4) is 0 Å². The lowest BCUT2D eigenvalue weighted by atomic mass is 10.1. The number of aryl methyl sites for hydroxylation is 1. The average molecular weight is 362 g/mol. The fourth-order valence-corrected chi connectivity index (χ4v) is 3.52. The number of hydrogen-bond acceptors (Lipinski definition) is 5. The molecule has 1 N–H and O–H groups in total. The molecule has 1 aliphatic heterocycles. The van der Waals surface area contributed by atoms with Crippen molar-refractivity contribution in [2.45, 2.75) is 13.0 Å². The Balaban J connectivity index is 1.83. The Labute approximate surface area is 158 Å². The Morgan fingerprint density at radius 1 is 1.15 bits per heavy atom. The zero-order chi connectivity index (χ0) is 19.0. The van der Waals surface area contributed by atoms with Crippen LogP contribution < -0.4 is 20.5 Å². The third-order valence-corrected chi connectivity index (χ3v) is 4.97. The predicted octanol–water partition coefficient (Wildman–Crippen LogP) is 3.34. The number of fused-ring (bicyclic) bond motifs is 1. The lowest BCUT2D eigenvalue weighted by Gasteiger charge is -2.19. The number of nitrogens with one attached hydrogen (secondary N) is 1. The van der Waals surface area contributed by atoms with Gasteiger partial charge in [0.25, 0.3) is 5.56 Å². The highest BCUT2D eigenvalue weighted by atomic mass is 16.5. The van der Waals surface area contributed by atoms with Crippen molar-refractivity contribution in [3.8, 4) is 5.75 Å². The quantitative estimate of drug-likeness (QED) is 0.771. The van der Waals surface area contributed by atoms with Crippen molar-refractivity contribution in [2.75, 3.05) is 30.9 Å². The zero-order valence-corrected chi connectivity index (χ0v) is 15.6. The Bertz CT molecular complexity index is 1030. The molecule has 4 rings (SSSR count). The number of likely N-dealkylation sites (N-methyl/N-ethyl adjacent to an activating group) is 1. The predicted molar refractivity (Wildman–Crippen MR) is 107 cm³/mol. The number of ether oxygens (including phenoxy) is 1. The van der Waals surface area contributed by atoms with E-state index in [2.05, 4.69) is 31.9 Å². The molecule has 3 aromatic rings. The van der Waals surface area contributed by atoms with Crippen molar-refractivity contribution < 1.29 is 4.74 Å². The van der Waals surface area contributed by atoms with E-state index in [4.69, 9.17) is 4.74 Å². The second-order valence-electron chi connectivity index (χ2n) is 6.76. The van der Waals surface area contributed by atoms with Gasteiger partial charge in [-0.1, -0.05) is 36.4 Å². The minimum absolute atomic E-state index is 0.0766. The normalized spacial score (nSPS) is 15.5. The van der Waals surface area contributed by atoms with Crippen LogP contribution in [0.15, 0.2) is 59.4 Å². The summed E-state index contributed by atoms with van der Waals surface area (Å²) in [5, 5.41) is 3.35. The number of benzene rings is 2. The molecule has 1 aliphatic rings. The zero-order valence-electron chi connectivity index (χ0n) is 15.6. The number of methoxy groups -OCH3 is 1. The van der Waals surface area contributed by atoms with Crippen LogP contribution >= 0.6 is 0 Å². The van der Waals surface area contributed by atoms with Crippen LogP contribution in [-0.2, 0) is 0 Å². The number of anilines is 3. The van der Waals surface area contributed by atoms with Crippen LogP contribution in [0.1, 0.15) is 17.2 Å². The van der Waals surface area contributed by atoms with Crippen molar-refractivity contribution in [3.63, 3.8) is 0 Å². The van der Waals surface area contributed by atoms with E-state index in [9.17, 15) is 4.79 Å². The third-order valence-electron chi connectivity index (χ3n) is 4.97. The molecule has 0 amide bonds. The molecule has 6 heteroatoms. The van der Waals surface area contributed by atoms with Gasteiger partial charge < -0.3 is 15.0 Å². The average Bonchev–Trinajstić information content (AvgIpc) is 3.01. The molecule has 1 unspecified atom stereocenters. The van der Waals surface area contributed by atoms with Crippen molar-refractivity contribution in [1.29, 1.82) is 0 Å². The van der Waals surface area contributed by atoms with E-state index in [1.54, 1.807) is 13.2 Å². The molecule has 1 atom stereocenters. The first-order valence-corrected chi connectivity index (χ1v) is 8.88. The molecular formula is C21H22N4O2. The third kappa shape index (κ3) is 3.14. The lowest BCUT2D eigenvalue weighted by Crippen LogP contribution is -2.18. The van der Waals surface area contributed by atoms with Crippen LogP contribution in [0.2, 0.25) is 0 Å². The van der Waals surface area contributed by atoms with Gasteiger partial charge >= 0.3 is 0 Å². The van der Waals surface area contributed by atoms with Crippen molar-refractivity contribution in [1.82, 2.24) is 9.55 Å². The van der Waals surface area contributed by atoms with Gasteiger partial charge in [-0.2, -0.15) is 4.98 Å². The minimum atomic E-state index is -0.259. The highest BCUT2D eigenvalue weighted by molar-refractivity contribution is 5.63. The molecule has 0 fully saturated rings. The van der Waals surface area contributed by atoms with Gasteiger partial charge in [0.05, 0.1) is 13.2 Å². The fraction of sp³-hybridized carbons (Fsp3) is 0.238. The summed E-state index contributed by atoms with van der Waals surface area (Å²) in [6.07, 6.45) is 0. The van der Waals surface area contributed by atoms with Gasteiger partial charge in [-0.3, -0.25) is 9.36 Å². The molecule has 0 spiro atoms. The van der Waals surface area contributed by atoms with Gasteiger partial charge in [-0.25, -0.2) is 0 Å². The summed E-state index contributed by atoms with van der Waals surface area (Å²) in [5.74, 6) is 2.14. The largest absolute Gasteiger partial charge is 0.497 e. The van der Waals surface area contributed by atoms with Crippen LogP contribution in [0.5, 0.6) is 5.75 Å². The Kier molecular flexibility index (Phi) is 4.32. The smallest absolute Gasteiger partial charge is 0.276 e. The summed E-state index contributed by atoms with van der Waals surface area (Å²) in [4.78, 5) is 18.6. The second kappa shape index (κ2) is 6.79. The van der Waals surface area contributed by atoms with Gasteiger partial charge in [-0.15, -0.1) is 0 Å². The summed E-state index contributed by atoms with van der Waals surface area (Å²) in [6.45, 7) is 2.79. The molecule has 0 radical (unpaired) electrons. The fourth-order valence-electron chi connectivity index (χ4n) is 3.52. The first kappa shape index (κ1) is 17.1. The number of hydrogen-bond donors (Lipinski definition) is 1. The minimum Gasteiger partial charge on any atom is -0.497 e. The van der Waals surface area contributed by atoms with E-state index in [1.807, 2.05) is 50.4 Å². The SMILES string of the molecule is COc1ccc(C)c(Nc2nc(=O)cc3n2C(c2ccccc2)CN3C)c1. The first-order valence-electron chi connectivity index (χ1n) is 8.88. The van der Waals surface area contributed by atoms with Crippen molar-refractivity contribution in [2.24, 2.45) is 0 Å². The standard InChI is InChI=1S/C21H22N4O2/c1-14-9-10-16(27-3)11-17(14)22-21-23-19(26)12-20-24(2)13-18(25(20)21)15-7-5-4-6-8-15/h4-12,18H,13H2,1-3H3,(H,22,23,26). The Morgan fingerprint density at radius 3 is 2.67 bits per heavy atom. The summed E-state index contributed by atoms with van der Waals surface area (Å²) >= 11 is 0. The molecule has 2 aromatic carbocycles. The monoisotopic (exact) mass is 362 g/mol. The number of rotatable bonds is 4. The Hall–Kier alpha value is -3.28. The van der Waals surface area contributed by atoms with Crippen LogP contribution in [-0.4, -0.2) is 30.3 Å². The van der Waals surface area contributed by atoms with E-state index < -0.39 is 0 Å². The number of aromatic nitrogens is 2. The number of nitrogens with zero attached hydrogens (tertiary/aromatic N) is 3. The Morgan fingerprint density at radius 2 is 1.93 bits per heavy atom. The van der Waals surface area contributed by atoms with Gasteiger partial charge in [0.2, 0.25) is 5.95 Å². The molecule has 0 aliphatic carbocycles. The lowest BCUT2D eigenvalue weighted by molar-refractivity contribution is 0.415. The van der Waals surface area contributed by atoms with Crippen LogP contribution in [0.4, 0.5) is 17.5 Å². The maximum atomic E-state index is 12.2. The van der Waals surface area contributed by atoms with Gasteiger partial charge in [-0.05, 0) is 24.1 Å². The van der Waals surface area contributed by atoms with Crippen molar-refractivity contribution >= 4 is 17.5 Å². The van der Waals surface area contributed by atoms with E-state index in [-0.39, 0.29) is 11.6 Å². The van der Waals surface area contributed by atoms with E-state index in [0.29, 0.717) is 5.95 Å². The molecule has 0 bridgehead atoms. The highest BCUT2D eigenvalue weighted by Gasteiger charge is 2.30. The van der Waals surface area contributed by atoms with Gasteiger partial charge in [0, 0.05) is 31.4 Å².